The second kappa shape index (κ2) is 4.02. The molecule has 0 aromatic carbocycles. The molecule has 0 unspecified atom stereocenters. The summed E-state index contributed by atoms with van der Waals surface area (Å²) in [6.45, 7) is 3.65. The monoisotopic (exact) mass is 155 g/mol. The van der Waals surface area contributed by atoms with Crippen LogP contribution in [-0.2, 0) is 4.74 Å². The van der Waals surface area contributed by atoms with Gasteiger partial charge in [0.05, 0.1) is 7.11 Å². The standard InChI is InChI=1S/C7H9NOS/c1-5(2)6(4-8)7(10)9-3/h1-3H3. The first-order chi connectivity index (χ1) is 4.63. The number of nitriles is 1. The highest BCUT2D eigenvalue weighted by atomic mass is 32.1. The first kappa shape index (κ1) is 9.12. The summed E-state index contributed by atoms with van der Waals surface area (Å²) in [6.07, 6.45) is 0. The molecule has 0 aliphatic heterocycles. The van der Waals surface area contributed by atoms with Gasteiger partial charge >= 0.3 is 0 Å². The van der Waals surface area contributed by atoms with Crippen molar-refractivity contribution in [2.45, 2.75) is 13.8 Å². The van der Waals surface area contributed by atoms with Crippen LogP contribution in [-0.4, -0.2) is 12.2 Å². The fraction of sp³-hybridized carbons (Fsp3) is 0.429. The van der Waals surface area contributed by atoms with Crippen LogP contribution in [0.25, 0.3) is 0 Å². The molecule has 0 rings (SSSR count). The first-order valence-corrected chi connectivity index (χ1v) is 3.20. The van der Waals surface area contributed by atoms with Crippen LogP contribution in [0, 0.1) is 11.3 Å². The molecule has 0 heterocycles. The Labute approximate surface area is 66.1 Å². The molecule has 0 radical (unpaired) electrons. The van der Waals surface area contributed by atoms with E-state index >= 15 is 0 Å². The molecule has 0 N–H and O–H groups in total. The Morgan fingerprint density at radius 2 is 2.00 bits per heavy atom. The van der Waals surface area contributed by atoms with Crippen LogP contribution >= 0.6 is 12.2 Å². The predicted octanol–water partition coefficient (Wildman–Crippen LogP) is 1.82. The normalized spacial score (nSPS) is 7.80. The fourth-order valence-electron chi connectivity index (χ4n) is 0.464. The maximum Gasteiger partial charge on any atom is 0.201 e. The molecule has 0 spiro atoms. The van der Waals surface area contributed by atoms with Crippen molar-refractivity contribution in [3.05, 3.63) is 11.1 Å². The maximum absolute atomic E-state index is 8.52. The number of allylic oxidation sites excluding steroid dienone is 1. The van der Waals surface area contributed by atoms with Crippen molar-refractivity contribution in [1.29, 1.82) is 5.26 Å². The number of rotatable bonds is 1. The first-order valence-electron chi connectivity index (χ1n) is 2.79. The summed E-state index contributed by atoms with van der Waals surface area (Å²) in [5, 5.41) is 8.79. The molecule has 0 amide bonds. The van der Waals surface area contributed by atoms with Gasteiger partial charge in [0.25, 0.3) is 0 Å². The molecule has 0 saturated carbocycles. The van der Waals surface area contributed by atoms with Crippen molar-refractivity contribution in [3.63, 3.8) is 0 Å². The van der Waals surface area contributed by atoms with Crippen LogP contribution in [0.15, 0.2) is 11.1 Å². The second-order valence-electron chi connectivity index (χ2n) is 1.98. The topological polar surface area (TPSA) is 33.0 Å². The molecule has 2 nitrogen and oxygen atoms in total. The van der Waals surface area contributed by atoms with Crippen molar-refractivity contribution in [3.8, 4) is 6.07 Å². The highest BCUT2D eigenvalue weighted by Gasteiger charge is 2.04. The molecule has 0 atom stereocenters. The summed E-state index contributed by atoms with van der Waals surface area (Å²) in [4.78, 5) is 0. The molecule has 54 valence electrons. The van der Waals surface area contributed by atoms with Crippen molar-refractivity contribution in [2.24, 2.45) is 0 Å². The SMILES string of the molecule is COC(=S)C(C#N)=C(C)C. The van der Waals surface area contributed by atoms with E-state index in [4.69, 9.17) is 22.2 Å². The minimum absolute atomic E-state index is 0.266. The lowest BCUT2D eigenvalue weighted by Crippen LogP contribution is -2.01. The van der Waals surface area contributed by atoms with Gasteiger partial charge in [0.2, 0.25) is 5.05 Å². The van der Waals surface area contributed by atoms with Crippen LogP contribution in [0.5, 0.6) is 0 Å². The smallest absolute Gasteiger partial charge is 0.201 e. The van der Waals surface area contributed by atoms with Gasteiger partial charge in [-0.15, -0.1) is 0 Å². The van der Waals surface area contributed by atoms with Gasteiger partial charge in [-0.1, -0.05) is 5.57 Å². The van der Waals surface area contributed by atoms with Gasteiger partial charge < -0.3 is 4.74 Å². The van der Waals surface area contributed by atoms with Gasteiger partial charge in [-0.25, -0.2) is 0 Å². The predicted molar refractivity (Wildman–Crippen MR) is 43.6 cm³/mol. The van der Waals surface area contributed by atoms with E-state index in [1.165, 1.54) is 7.11 Å². The Morgan fingerprint density at radius 1 is 1.50 bits per heavy atom. The molecule has 0 saturated heterocycles. The van der Waals surface area contributed by atoms with Crippen LogP contribution in [0.2, 0.25) is 0 Å². The summed E-state index contributed by atoms with van der Waals surface area (Å²) in [6, 6.07) is 1.97. The zero-order valence-corrected chi connectivity index (χ0v) is 7.08. The largest absolute Gasteiger partial charge is 0.486 e. The molecule has 3 heteroatoms. The molecule has 0 aliphatic rings. The quantitative estimate of drug-likeness (QED) is 0.329. The second-order valence-corrected chi connectivity index (χ2v) is 2.35. The third kappa shape index (κ3) is 2.16. The van der Waals surface area contributed by atoms with E-state index in [0.29, 0.717) is 5.57 Å². The Hall–Kier alpha value is -0.880. The highest BCUT2D eigenvalue weighted by molar-refractivity contribution is 7.80. The number of nitrogens with zero attached hydrogens (tertiary/aromatic N) is 1. The molecule has 0 aromatic rings. The average Bonchev–Trinajstić information content (AvgIpc) is 1.88. The van der Waals surface area contributed by atoms with E-state index in [1.54, 1.807) is 0 Å². The Balaban J connectivity index is 4.59. The van der Waals surface area contributed by atoms with Crippen molar-refractivity contribution in [2.75, 3.05) is 7.11 Å². The number of methoxy groups -OCH3 is 1. The van der Waals surface area contributed by atoms with Crippen molar-refractivity contribution < 1.29 is 4.74 Å². The van der Waals surface area contributed by atoms with E-state index in [9.17, 15) is 0 Å². The lowest BCUT2D eigenvalue weighted by molar-refractivity contribution is 0.415. The van der Waals surface area contributed by atoms with Crippen LogP contribution < -0.4 is 0 Å². The van der Waals surface area contributed by atoms with Gasteiger partial charge in [-0.2, -0.15) is 5.26 Å². The minimum Gasteiger partial charge on any atom is -0.486 e. The zero-order chi connectivity index (χ0) is 8.15. The Bertz CT molecular complexity index is 208. The minimum atomic E-state index is 0.266. The Kier molecular flexibility index (Phi) is 3.67. The van der Waals surface area contributed by atoms with Crippen molar-refractivity contribution >= 4 is 17.3 Å². The fourth-order valence-corrected chi connectivity index (χ4v) is 0.713. The van der Waals surface area contributed by atoms with E-state index in [1.807, 2.05) is 19.9 Å². The number of hydrogen-bond donors (Lipinski definition) is 0. The lowest BCUT2D eigenvalue weighted by Gasteiger charge is -1.99. The number of ether oxygens (including phenoxy) is 1. The summed E-state index contributed by atoms with van der Waals surface area (Å²) >= 11 is 4.75. The van der Waals surface area contributed by atoms with E-state index in [0.717, 1.165) is 5.57 Å². The van der Waals surface area contributed by atoms with E-state index in [-0.39, 0.29) is 5.05 Å². The summed E-state index contributed by atoms with van der Waals surface area (Å²) < 4.78 is 4.72. The summed E-state index contributed by atoms with van der Waals surface area (Å²) in [5.74, 6) is 0. The van der Waals surface area contributed by atoms with Gasteiger partial charge in [-0.05, 0) is 26.1 Å². The Morgan fingerprint density at radius 3 is 2.10 bits per heavy atom. The van der Waals surface area contributed by atoms with Gasteiger partial charge in [0.1, 0.15) is 11.6 Å². The molecule has 0 fully saturated rings. The summed E-state index contributed by atoms with van der Waals surface area (Å²) in [5.41, 5.74) is 1.34. The van der Waals surface area contributed by atoms with Crippen LogP contribution in [0.3, 0.4) is 0 Å². The molecular formula is C7H9NOS. The molecule has 0 bridgehead atoms. The lowest BCUT2D eigenvalue weighted by atomic mass is 10.2. The zero-order valence-electron chi connectivity index (χ0n) is 6.26. The average molecular weight is 155 g/mol. The van der Waals surface area contributed by atoms with E-state index in [2.05, 4.69) is 0 Å². The summed E-state index contributed by atoms with van der Waals surface area (Å²) in [7, 11) is 1.46. The molecule has 0 aromatic heterocycles. The molecule has 10 heavy (non-hydrogen) atoms. The van der Waals surface area contributed by atoms with Gasteiger partial charge in [0.15, 0.2) is 0 Å². The highest BCUT2D eigenvalue weighted by Crippen LogP contribution is 2.04. The third-order valence-electron chi connectivity index (χ3n) is 1.00. The third-order valence-corrected chi connectivity index (χ3v) is 1.37. The number of thiocarbonyl (C=S) groups is 1. The molecular weight excluding hydrogens is 146 g/mol. The molecule has 0 aliphatic carbocycles. The maximum atomic E-state index is 8.52. The van der Waals surface area contributed by atoms with E-state index < -0.39 is 0 Å². The van der Waals surface area contributed by atoms with Crippen molar-refractivity contribution in [1.82, 2.24) is 0 Å². The van der Waals surface area contributed by atoms with Crippen LogP contribution in [0.1, 0.15) is 13.8 Å². The van der Waals surface area contributed by atoms with Crippen LogP contribution in [0.4, 0.5) is 0 Å². The number of hydrogen-bond acceptors (Lipinski definition) is 3. The van der Waals surface area contributed by atoms with Gasteiger partial charge in [0, 0.05) is 0 Å². The van der Waals surface area contributed by atoms with Gasteiger partial charge in [-0.3, -0.25) is 0 Å².